The van der Waals surface area contributed by atoms with Gasteiger partial charge in [0.05, 0.1) is 36.9 Å². The van der Waals surface area contributed by atoms with E-state index in [9.17, 15) is 9.59 Å². The second-order valence-electron chi connectivity index (χ2n) is 5.71. The average molecular weight is 411 g/mol. The first kappa shape index (κ1) is 20.9. The summed E-state index contributed by atoms with van der Waals surface area (Å²) in [7, 11) is 3.12. The van der Waals surface area contributed by atoms with Gasteiger partial charge in [0, 0.05) is 11.1 Å². The predicted molar refractivity (Wildman–Crippen MR) is 105 cm³/mol. The molecule has 0 saturated carbocycles. The molecular formula is C19H20Cl2N2O4. The number of benzene rings is 2. The lowest BCUT2D eigenvalue weighted by atomic mass is 10.1. The lowest BCUT2D eigenvalue weighted by Gasteiger charge is -2.18. The summed E-state index contributed by atoms with van der Waals surface area (Å²) in [6, 6.07) is 9.49. The maximum absolute atomic E-state index is 12.2. The third-order valence-corrected chi connectivity index (χ3v) is 4.61. The summed E-state index contributed by atoms with van der Waals surface area (Å²) in [4.78, 5) is 24.3. The van der Waals surface area contributed by atoms with Gasteiger partial charge in [0.15, 0.2) is 0 Å². The molecule has 2 rings (SSSR count). The molecule has 0 heterocycles. The highest BCUT2D eigenvalue weighted by Crippen LogP contribution is 2.29. The van der Waals surface area contributed by atoms with Crippen LogP contribution in [-0.2, 0) is 4.79 Å². The van der Waals surface area contributed by atoms with Crippen molar-refractivity contribution >= 4 is 35.0 Å². The molecule has 2 N–H and O–H groups in total. The number of hydrogen-bond acceptors (Lipinski definition) is 4. The van der Waals surface area contributed by atoms with Crippen molar-refractivity contribution in [1.29, 1.82) is 0 Å². The number of carbonyl (C=O) groups excluding carboxylic acids is 2. The summed E-state index contributed by atoms with van der Waals surface area (Å²) < 4.78 is 10.5. The Morgan fingerprint density at radius 2 is 1.78 bits per heavy atom. The van der Waals surface area contributed by atoms with E-state index in [4.69, 9.17) is 32.7 Å². The van der Waals surface area contributed by atoms with E-state index in [1.807, 2.05) is 6.92 Å². The molecule has 0 spiro atoms. The van der Waals surface area contributed by atoms with E-state index >= 15 is 0 Å². The van der Waals surface area contributed by atoms with Gasteiger partial charge in [-0.25, -0.2) is 0 Å². The fourth-order valence-electron chi connectivity index (χ4n) is 2.45. The summed E-state index contributed by atoms with van der Waals surface area (Å²) in [6.45, 7) is 1.63. The first-order chi connectivity index (χ1) is 12.8. The maximum Gasteiger partial charge on any atom is 0.251 e. The van der Waals surface area contributed by atoms with E-state index in [2.05, 4.69) is 10.6 Å². The lowest BCUT2D eigenvalue weighted by molar-refractivity contribution is -0.120. The Labute approximate surface area is 167 Å². The minimum atomic E-state index is -0.421. The second kappa shape index (κ2) is 9.48. The number of hydrogen-bond donors (Lipinski definition) is 2. The molecule has 0 radical (unpaired) electrons. The van der Waals surface area contributed by atoms with Gasteiger partial charge in [-0.15, -0.1) is 0 Å². The number of nitrogens with one attached hydrogen (secondary N) is 2. The van der Waals surface area contributed by atoms with Crippen LogP contribution in [0.2, 0.25) is 10.0 Å². The molecule has 1 atom stereocenters. The van der Waals surface area contributed by atoms with Crippen LogP contribution in [0.4, 0.5) is 0 Å². The molecule has 0 aromatic heterocycles. The normalized spacial score (nSPS) is 11.4. The SMILES string of the molecule is COc1ccc(OC)c([C@@H](C)NC(=O)CNC(=O)c2ccc(Cl)c(Cl)c2)c1. The number of amides is 2. The van der Waals surface area contributed by atoms with Crippen LogP contribution in [0.1, 0.15) is 28.9 Å². The minimum absolute atomic E-state index is 0.185. The number of halogens is 2. The van der Waals surface area contributed by atoms with Crippen LogP contribution < -0.4 is 20.1 Å². The Bertz CT molecular complexity index is 842. The van der Waals surface area contributed by atoms with E-state index < -0.39 is 5.91 Å². The van der Waals surface area contributed by atoms with Crippen LogP contribution in [0.5, 0.6) is 11.5 Å². The molecule has 2 aromatic rings. The lowest BCUT2D eigenvalue weighted by Crippen LogP contribution is -2.38. The van der Waals surface area contributed by atoms with Gasteiger partial charge in [-0.3, -0.25) is 9.59 Å². The monoisotopic (exact) mass is 410 g/mol. The van der Waals surface area contributed by atoms with Crippen LogP contribution >= 0.6 is 23.2 Å². The fraction of sp³-hybridized carbons (Fsp3) is 0.263. The van der Waals surface area contributed by atoms with Crippen LogP contribution in [0.15, 0.2) is 36.4 Å². The van der Waals surface area contributed by atoms with E-state index in [0.29, 0.717) is 22.1 Å². The summed E-state index contributed by atoms with van der Waals surface area (Å²) in [5.74, 6) is 0.513. The maximum atomic E-state index is 12.2. The van der Waals surface area contributed by atoms with Crippen LogP contribution in [-0.4, -0.2) is 32.6 Å². The topological polar surface area (TPSA) is 76.7 Å². The summed E-state index contributed by atoms with van der Waals surface area (Å²) in [5.41, 5.74) is 1.08. The van der Waals surface area contributed by atoms with Crippen molar-refractivity contribution in [2.75, 3.05) is 20.8 Å². The standard InChI is InChI=1S/C19H20Cl2N2O4/c1-11(14-9-13(26-2)5-7-17(14)27-3)23-18(24)10-22-19(25)12-4-6-15(20)16(21)8-12/h4-9,11H,10H2,1-3H3,(H,22,25)(H,23,24)/t11-/m1/s1. The van der Waals surface area contributed by atoms with Crippen LogP contribution in [0, 0.1) is 0 Å². The first-order valence-electron chi connectivity index (χ1n) is 8.10. The summed E-state index contributed by atoms with van der Waals surface area (Å²) >= 11 is 11.7. The Morgan fingerprint density at radius 3 is 2.41 bits per heavy atom. The van der Waals surface area contributed by atoms with Crippen LogP contribution in [0.25, 0.3) is 0 Å². The number of ether oxygens (including phenoxy) is 2. The molecule has 0 aliphatic rings. The van der Waals surface area contributed by atoms with E-state index in [0.717, 1.165) is 5.56 Å². The summed E-state index contributed by atoms with van der Waals surface area (Å²) in [6.07, 6.45) is 0. The summed E-state index contributed by atoms with van der Waals surface area (Å²) in [5, 5.41) is 5.98. The Kier molecular flexibility index (Phi) is 7.33. The molecule has 0 saturated heterocycles. The highest BCUT2D eigenvalue weighted by molar-refractivity contribution is 6.42. The predicted octanol–water partition coefficient (Wildman–Crippen LogP) is 3.62. The minimum Gasteiger partial charge on any atom is -0.497 e. The van der Waals surface area contributed by atoms with Gasteiger partial charge in [-0.2, -0.15) is 0 Å². The number of carbonyl (C=O) groups is 2. The van der Waals surface area contributed by atoms with Crippen molar-refractivity contribution in [2.24, 2.45) is 0 Å². The first-order valence-corrected chi connectivity index (χ1v) is 8.85. The zero-order chi connectivity index (χ0) is 20.0. The van der Waals surface area contributed by atoms with Gasteiger partial charge in [0.1, 0.15) is 11.5 Å². The fourth-order valence-corrected chi connectivity index (χ4v) is 2.75. The Morgan fingerprint density at radius 1 is 1.04 bits per heavy atom. The molecule has 0 aliphatic carbocycles. The molecule has 2 amide bonds. The largest absolute Gasteiger partial charge is 0.497 e. The third kappa shape index (κ3) is 5.52. The Hall–Kier alpha value is -2.44. The van der Waals surface area contributed by atoms with E-state index in [1.165, 1.54) is 18.2 Å². The highest BCUT2D eigenvalue weighted by atomic mass is 35.5. The molecule has 0 bridgehead atoms. The van der Waals surface area contributed by atoms with Crippen molar-refractivity contribution in [3.05, 3.63) is 57.6 Å². The number of methoxy groups -OCH3 is 2. The van der Waals surface area contributed by atoms with Gasteiger partial charge in [-0.05, 0) is 43.3 Å². The average Bonchev–Trinajstić information content (AvgIpc) is 2.67. The zero-order valence-electron chi connectivity index (χ0n) is 15.1. The van der Waals surface area contributed by atoms with Gasteiger partial charge < -0.3 is 20.1 Å². The van der Waals surface area contributed by atoms with Crippen LogP contribution in [0.3, 0.4) is 0 Å². The van der Waals surface area contributed by atoms with E-state index in [1.54, 1.807) is 32.4 Å². The molecule has 2 aromatic carbocycles. The second-order valence-corrected chi connectivity index (χ2v) is 6.52. The van der Waals surface area contributed by atoms with Crippen molar-refractivity contribution in [2.45, 2.75) is 13.0 Å². The molecular weight excluding hydrogens is 391 g/mol. The zero-order valence-corrected chi connectivity index (χ0v) is 16.6. The molecule has 0 aliphatic heterocycles. The highest BCUT2D eigenvalue weighted by Gasteiger charge is 2.16. The van der Waals surface area contributed by atoms with Gasteiger partial charge in [0.25, 0.3) is 5.91 Å². The quantitative estimate of drug-likeness (QED) is 0.730. The molecule has 6 nitrogen and oxygen atoms in total. The molecule has 27 heavy (non-hydrogen) atoms. The van der Waals surface area contributed by atoms with Crippen molar-refractivity contribution in [3.63, 3.8) is 0 Å². The van der Waals surface area contributed by atoms with Gasteiger partial charge in [-0.1, -0.05) is 23.2 Å². The van der Waals surface area contributed by atoms with Crippen molar-refractivity contribution in [1.82, 2.24) is 10.6 Å². The molecule has 144 valence electrons. The number of rotatable bonds is 7. The van der Waals surface area contributed by atoms with Crippen molar-refractivity contribution in [3.8, 4) is 11.5 Å². The molecule has 0 fully saturated rings. The molecule has 8 heteroatoms. The Balaban J connectivity index is 1.97. The molecule has 0 unspecified atom stereocenters. The van der Waals surface area contributed by atoms with Gasteiger partial charge in [0.2, 0.25) is 5.91 Å². The van der Waals surface area contributed by atoms with E-state index in [-0.39, 0.29) is 23.5 Å². The third-order valence-electron chi connectivity index (χ3n) is 3.87. The van der Waals surface area contributed by atoms with Crippen molar-refractivity contribution < 1.29 is 19.1 Å². The smallest absolute Gasteiger partial charge is 0.251 e. The van der Waals surface area contributed by atoms with Gasteiger partial charge >= 0.3 is 0 Å².